The van der Waals surface area contributed by atoms with Gasteiger partial charge in [-0.05, 0) is 40.5 Å². The molecule has 0 radical (unpaired) electrons. The van der Waals surface area contributed by atoms with E-state index in [1.54, 1.807) is 0 Å². The highest BCUT2D eigenvalue weighted by Gasteiger charge is 2.39. The van der Waals surface area contributed by atoms with Gasteiger partial charge in [-0.3, -0.25) is 14.4 Å². The molecule has 35 heavy (non-hydrogen) atoms. The van der Waals surface area contributed by atoms with Gasteiger partial charge >= 0.3 is 12.1 Å². The van der Waals surface area contributed by atoms with Crippen molar-refractivity contribution in [1.29, 1.82) is 0 Å². The predicted molar refractivity (Wildman–Crippen MR) is 128 cm³/mol. The van der Waals surface area contributed by atoms with Gasteiger partial charge in [0, 0.05) is 12.5 Å². The number of carboxylic acids is 1. The zero-order chi connectivity index (χ0) is 24.8. The molecule has 0 unspecified atom stereocenters. The van der Waals surface area contributed by atoms with E-state index in [1.807, 2.05) is 48.5 Å². The van der Waals surface area contributed by atoms with Crippen LogP contribution in [0.5, 0.6) is 0 Å². The summed E-state index contributed by atoms with van der Waals surface area (Å²) in [6, 6.07) is 16.0. The smallest absolute Gasteiger partial charge is 0.407 e. The van der Waals surface area contributed by atoms with Crippen LogP contribution in [0.2, 0.25) is 0 Å². The van der Waals surface area contributed by atoms with Crippen LogP contribution in [0.3, 0.4) is 0 Å². The fourth-order valence-electron chi connectivity index (χ4n) is 4.81. The Kier molecular flexibility index (Phi) is 7.33. The summed E-state index contributed by atoms with van der Waals surface area (Å²) >= 11 is 0. The molecule has 9 heteroatoms. The summed E-state index contributed by atoms with van der Waals surface area (Å²) in [6.07, 6.45) is 1.77. The molecule has 2 aromatic rings. The fraction of sp³-hybridized carbons (Fsp3) is 0.385. The van der Waals surface area contributed by atoms with Crippen LogP contribution in [0.25, 0.3) is 11.1 Å². The molecule has 0 atom stereocenters. The van der Waals surface area contributed by atoms with Gasteiger partial charge in [0.2, 0.25) is 11.8 Å². The number of carboxylic acid groups (broad SMARTS) is 1. The number of fused-ring (bicyclic) bond motifs is 3. The van der Waals surface area contributed by atoms with E-state index in [0.717, 1.165) is 41.5 Å². The van der Waals surface area contributed by atoms with Crippen molar-refractivity contribution in [3.8, 4) is 11.1 Å². The van der Waals surface area contributed by atoms with Crippen LogP contribution in [-0.4, -0.2) is 55.2 Å². The first-order chi connectivity index (χ1) is 16.9. The van der Waals surface area contributed by atoms with Gasteiger partial charge in [-0.15, -0.1) is 0 Å². The van der Waals surface area contributed by atoms with E-state index >= 15 is 0 Å². The molecule has 2 aromatic carbocycles. The van der Waals surface area contributed by atoms with E-state index in [-0.39, 0.29) is 38.6 Å². The number of ether oxygens (including phenoxy) is 1. The maximum atomic E-state index is 12.2. The highest BCUT2D eigenvalue weighted by atomic mass is 16.5. The van der Waals surface area contributed by atoms with Gasteiger partial charge in [0.25, 0.3) is 0 Å². The minimum atomic E-state index is -0.883. The molecule has 0 bridgehead atoms. The third-order valence-corrected chi connectivity index (χ3v) is 6.78. The zero-order valence-corrected chi connectivity index (χ0v) is 19.3. The van der Waals surface area contributed by atoms with Crippen LogP contribution >= 0.6 is 0 Å². The molecule has 4 N–H and O–H groups in total. The number of rotatable bonds is 10. The van der Waals surface area contributed by atoms with Gasteiger partial charge in [-0.25, -0.2) is 4.79 Å². The second kappa shape index (κ2) is 10.6. The van der Waals surface area contributed by atoms with Gasteiger partial charge in [-0.2, -0.15) is 0 Å². The monoisotopic (exact) mass is 479 g/mol. The SMILES string of the molecule is O=C(O)CC1(CNC(=O)CNC(=O)CNC(=O)OCC2c3ccccc3-c3ccccc32)CCC1. The number of nitrogens with one attached hydrogen (secondary N) is 3. The van der Waals surface area contributed by atoms with E-state index in [1.165, 1.54) is 0 Å². The number of carbonyl (C=O) groups excluding carboxylic acids is 3. The molecule has 0 aromatic heterocycles. The highest BCUT2D eigenvalue weighted by Crippen LogP contribution is 2.44. The fourth-order valence-corrected chi connectivity index (χ4v) is 4.81. The minimum Gasteiger partial charge on any atom is -0.481 e. The molecule has 2 aliphatic rings. The summed E-state index contributed by atoms with van der Waals surface area (Å²) in [6.45, 7) is -0.171. The Hall–Kier alpha value is -3.88. The minimum absolute atomic E-state index is 0.0176. The van der Waals surface area contributed by atoms with Crippen LogP contribution < -0.4 is 16.0 Å². The third kappa shape index (κ3) is 5.79. The molecule has 1 fully saturated rings. The lowest BCUT2D eigenvalue weighted by Gasteiger charge is -2.40. The van der Waals surface area contributed by atoms with E-state index in [0.29, 0.717) is 0 Å². The Balaban J connectivity index is 1.17. The predicted octanol–water partition coefficient (Wildman–Crippen LogP) is 2.40. The second-order valence-electron chi connectivity index (χ2n) is 9.16. The summed E-state index contributed by atoms with van der Waals surface area (Å²) in [5.74, 6) is -1.90. The molecule has 3 amide bonds. The maximum Gasteiger partial charge on any atom is 0.407 e. The lowest BCUT2D eigenvalue weighted by Crippen LogP contribution is -2.47. The number of hydrogen-bond acceptors (Lipinski definition) is 5. The summed E-state index contributed by atoms with van der Waals surface area (Å²) in [4.78, 5) is 47.2. The lowest BCUT2D eigenvalue weighted by atomic mass is 9.66. The molecular formula is C26H29N3O6. The number of benzene rings is 2. The van der Waals surface area contributed by atoms with Gasteiger partial charge < -0.3 is 25.8 Å². The number of aliphatic carboxylic acids is 1. The second-order valence-corrected chi connectivity index (χ2v) is 9.16. The van der Waals surface area contributed by atoms with Crippen molar-refractivity contribution in [2.75, 3.05) is 26.2 Å². The standard InChI is InChI=1S/C26H29N3O6/c30-22(27-13-23(31)29-16-26(10-5-11-26)12-24(32)33)14-28-25(34)35-15-21-19-8-3-1-6-17(19)18-7-2-4-9-20(18)21/h1-4,6-9,21H,5,10-16H2,(H,27,30)(H,28,34)(H,29,31)(H,32,33). The molecule has 0 saturated heterocycles. The maximum absolute atomic E-state index is 12.2. The van der Waals surface area contributed by atoms with Crippen molar-refractivity contribution >= 4 is 23.9 Å². The summed E-state index contributed by atoms with van der Waals surface area (Å²) in [7, 11) is 0. The van der Waals surface area contributed by atoms with Crippen molar-refractivity contribution in [2.45, 2.75) is 31.6 Å². The van der Waals surface area contributed by atoms with Crippen molar-refractivity contribution in [2.24, 2.45) is 5.41 Å². The lowest BCUT2D eigenvalue weighted by molar-refractivity contribution is -0.141. The van der Waals surface area contributed by atoms with Crippen molar-refractivity contribution < 1.29 is 29.0 Å². The van der Waals surface area contributed by atoms with E-state index in [4.69, 9.17) is 9.84 Å². The average Bonchev–Trinajstić information content (AvgIpc) is 3.15. The summed E-state index contributed by atoms with van der Waals surface area (Å²) < 4.78 is 5.38. The molecule has 2 aliphatic carbocycles. The topological polar surface area (TPSA) is 134 Å². The van der Waals surface area contributed by atoms with Crippen LogP contribution in [0.4, 0.5) is 4.79 Å². The number of hydrogen-bond donors (Lipinski definition) is 4. The van der Waals surface area contributed by atoms with Crippen molar-refractivity contribution in [3.63, 3.8) is 0 Å². The zero-order valence-electron chi connectivity index (χ0n) is 19.3. The Morgan fingerprint density at radius 2 is 1.43 bits per heavy atom. The van der Waals surface area contributed by atoms with Gasteiger partial charge in [0.15, 0.2) is 0 Å². The highest BCUT2D eigenvalue weighted by molar-refractivity contribution is 5.87. The van der Waals surface area contributed by atoms with E-state index in [2.05, 4.69) is 16.0 Å². The quantitative estimate of drug-likeness (QED) is 0.414. The van der Waals surface area contributed by atoms with E-state index < -0.39 is 29.3 Å². The Labute approximate surface area is 203 Å². The van der Waals surface area contributed by atoms with Crippen LogP contribution in [0, 0.1) is 5.41 Å². The third-order valence-electron chi connectivity index (χ3n) is 6.78. The first kappa shape index (κ1) is 24.3. The Morgan fingerprint density at radius 1 is 0.857 bits per heavy atom. The molecule has 0 heterocycles. The molecule has 9 nitrogen and oxygen atoms in total. The number of alkyl carbamates (subject to hydrolysis) is 1. The van der Waals surface area contributed by atoms with Gasteiger partial charge in [-0.1, -0.05) is 55.0 Å². The van der Waals surface area contributed by atoms with Crippen LogP contribution in [0.15, 0.2) is 48.5 Å². The largest absolute Gasteiger partial charge is 0.481 e. The van der Waals surface area contributed by atoms with Crippen LogP contribution in [0.1, 0.15) is 42.7 Å². The molecule has 4 rings (SSSR count). The molecule has 0 aliphatic heterocycles. The van der Waals surface area contributed by atoms with Crippen LogP contribution in [-0.2, 0) is 19.1 Å². The number of amides is 3. The summed E-state index contributed by atoms with van der Waals surface area (Å²) in [5.41, 5.74) is 4.05. The molecule has 1 saturated carbocycles. The van der Waals surface area contributed by atoms with Crippen molar-refractivity contribution in [3.05, 3.63) is 59.7 Å². The average molecular weight is 480 g/mol. The van der Waals surface area contributed by atoms with Gasteiger partial charge in [0.1, 0.15) is 13.2 Å². The molecular weight excluding hydrogens is 450 g/mol. The van der Waals surface area contributed by atoms with Gasteiger partial charge in [0.05, 0.1) is 13.0 Å². The van der Waals surface area contributed by atoms with Crippen molar-refractivity contribution in [1.82, 2.24) is 16.0 Å². The normalized spacial score (nSPS) is 15.2. The molecule has 0 spiro atoms. The first-order valence-electron chi connectivity index (χ1n) is 11.7. The molecule has 184 valence electrons. The Morgan fingerprint density at radius 3 is 2.00 bits per heavy atom. The first-order valence-corrected chi connectivity index (χ1v) is 11.7. The Bertz CT molecular complexity index is 1080. The number of carbonyl (C=O) groups is 4. The van der Waals surface area contributed by atoms with E-state index in [9.17, 15) is 19.2 Å². The summed E-state index contributed by atoms with van der Waals surface area (Å²) in [5, 5.41) is 16.6.